The van der Waals surface area contributed by atoms with Crippen LogP contribution in [0.25, 0.3) is 0 Å². The Morgan fingerprint density at radius 3 is 2.27 bits per heavy atom. The van der Waals surface area contributed by atoms with Gasteiger partial charge >= 0.3 is 0 Å². The predicted octanol–water partition coefficient (Wildman–Crippen LogP) is 1.84. The van der Waals surface area contributed by atoms with Crippen molar-refractivity contribution < 1.29 is 0 Å². The van der Waals surface area contributed by atoms with Gasteiger partial charge in [0.25, 0.3) is 0 Å². The van der Waals surface area contributed by atoms with E-state index in [1.54, 1.807) is 0 Å². The van der Waals surface area contributed by atoms with Gasteiger partial charge in [0.05, 0.1) is 6.54 Å². The lowest BCUT2D eigenvalue weighted by molar-refractivity contribution is 0.224. The lowest BCUT2D eigenvalue weighted by Crippen LogP contribution is -2.46. The van der Waals surface area contributed by atoms with Gasteiger partial charge in [-0.05, 0) is 40.2 Å². The molecule has 0 amide bonds. The number of amidine groups is 1. The molecule has 0 spiro atoms. The summed E-state index contributed by atoms with van der Waals surface area (Å²) < 4.78 is 0. The summed E-state index contributed by atoms with van der Waals surface area (Å²) in [7, 11) is 6.24. The van der Waals surface area contributed by atoms with E-state index >= 15 is 0 Å². The Kier molecular flexibility index (Phi) is 4.58. The zero-order valence-corrected chi connectivity index (χ0v) is 10.8. The van der Waals surface area contributed by atoms with E-state index in [9.17, 15) is 0 Å². The van der Waals surface area contributed by atoms with Crippen LogP contribution in [-0.2, 0) is 0 Å². The molecule has 1 aliphatic carbocycles. The number of nitrogens with zero attached hydrogens (tertiary/aromatic N) is 3. The molecule has 1 aliphatic rings. The normalized spacial score (nSPS) is 18.5. The van der Waals surface area contributed by atoms with Crippen LogP contribution in [0.2, 0.25) is 0 Å². The maximum Gasteiger partial charge on any atom is 0.113 e. The molecule has 0 aromatic heterocycles. The number of hydrogen-bond acceptors (Lipinski definition) is 2. The molecule has 0 heterocycles. The molecule has 0 aromatic carbocycles. The fraction of sp³-hybridized carbons (Fsp3) is 0.917. The van der Waals surface area contributed by atoms with Crippen molar-refractivity contribution in [3.05, 3.63) is 0 Å². The van der Waals surface area contributed by atoms with Gasteiger partial charge in [-0.1, -0.05) is 0 Å². The first kappa shape index (κ1) is 12.5. The van der Waals surface area contributed by atoms with E-state index in [2.05, 4.69) is 42.7 Å². The third kappa shape index (κ3) is 3.20. The van der Waals surface area contributed by atoms with E-state index in [1.807, 2.05) is 7.05 Å². The number of aliphatic imine (C=N–C) groups is 1. The smallest absolute Gasteiger partial charge is 0.113 e. The monoisotopic (exact) mass is 211 g/mol. The van der Waals surface area contributed by atoms with Gasteiger partial charge in [-0.2, -0.15) is 0 Å². The third-order valence-electron chi connectivity index (χ3n) is 3.56. The molecule has 0 saturated heterocycles. The summed E-state index contributed by atoms with van der Waals surface area (Å²) in [6.45, 7) is 5.40. The Hall–Kier alpha value is -0.570. The van der Waals surface area contributed by atoms with Gasteiger partial charge in [0.1, 0.15) is 5.84 Å². The minimum atomic E-state index is 0.580. The van der Waals surface area contributed by atoms with E-state index in [0.717, 1.165) is 12.6 Å². The lowest BCUT2D eigenvalue weighted by atomic mass is 9.92. The molecule has 0 atom stereocenters. The molecule has 1 fully saturated rings. The summed E-state index contributed by atoms with van der Waals surface area (Å²) in [4.78, 5) is 9.11. The van der Waals surface area contributed by atoms with Gasteiger partial charge in [-0.15, -0.1) is 0 Å². The molecular formula is C12H25N3. The van der Waals surface area contributed by atoms with E-state index in [1.165, 1.54) is 25.1 Å². The highest BCUT2D eigenvalue weighted by Gasteiger charge is 2.24. The van der Waals surface area contributed by atoms with Crippen LogP contribution < -0.4 is 0 Å². The van der Waals surface area contributed by atoms with Gasteiger partial charge in [-0.3, -0.25) is 9.89 Å². The van der Waals surface area contributed by atoms with Crippen LogP contribution in [-0.4, -0.2) is 55.4 Å². The molecule has 88 valence electrons. The van der Waals surface area contributed by atoms with Crippen LogP contribution in [0.5, 0.6) is 0 Å². The largest absolute Gasteiger partial charge is 0.359 e. The highest BCUT2D eigenvalue weighted by molar-refractivity contribution is 5.84. The van der Waals surface area contributed by atoms with Crippen LogP contribution in [0.1, 0.15) is 33.1 Å². The van der Waals surface area contributed by atoms with Gasteiger partial charge in [0.15, 0.2) is 0 Å². The summed E-state index contributed by atoms with van der Waals surface area (Å²) in [5.74, 6) is 1.22. The quantitative estimate of drug-likeness (QED) is 0.522. The van der Waals surface area contributed by atoms with Gasteiger partial charge in [0.2, 0.25) is 0 Å². The van der Waals surface area contributed by atoms with Gasteiger partial charge in [0, 0.05) is 26.2 Å². The van der Waals surface area contributed by atoms with Crippen LogP contribution in [0.4, 0.5) is 0 Å². The summed E-state index contributed by atoms with van der Waals surface area (Å²) >= 11 is 0. The number of likely N-dealkylation sites (N-methyl/N-ethyl adjacent to an activating group) is 2. The van der Waals surface area contributed by atoms with Crippen LogP contribution in [0.15, 0.2) is 4.99 Å². The molecule has 0 radical (unpaired) electrons. The van der Waals surface area contributed by atoms with Crippen molar-refractivity contribution in [3.63, 3.8) is 0 Å². The fourth-order valence-corrected chi connectivity index (χ4v) is 1.73. The average molecular weight is 211 g/mol. The molecule has 3 heteroatoms. The van der Waals surface area contributed by atoms with Crippen molar-refractivity contribution >= 4 is 5.84 Å². The Morgan fingerprint density at radius 1 is 1.33 bits per heavy atom. The second kappa shape index (κ2) is 5.50. The first-order chi connectivity index (χ1) is 7.06. The SMILES string of the molecule is C/N=C(\CN(C)C(C)C)N(C)C1CCC1. The molecule has 0 bridgehead atoms. The molecule has 0 N–H and O–H groups in total. The second-order valence-electron chi connectivity index (χ2n) is 4.84. The standard InChI is InChI=1S/C12H25N3/c1-10(2)14(4)9-12(13-3)15(5)11-7-6-8-11/h10-11H,6-9H2,1-5H3/b13-12+. The Labute approximate surface area is 94.2 Å². The van der Waals surface area contributed by atoms with Gasteiger partial charge < -0.3 is 4.90 Å². The highest BCUT2D eigenvalue weighted by Crippen LogP contribution is 2.23. The predicted molar refractivity (Wildman–Crippen MR) is 66.5 cm³/mol. The zero-order chi connectivity index (χ0) is 11.4. The molecule has 3 nitrogen and oxygen atoms in total. The summed E-state index contributed by atoms with van der Waals surface area (Å²) in [6.07, 6.45) is 4.05. The minimum absolute atomic E-state index is 0.580. The van der Waals surface area contributed by atoms with Crippen molar-refractivity contribution in [3.8, 4) is 0 Å². The van der Waals surface area contributed by atoms with Crippen molar-refractivity contribution in [2.24, 2.45) is 4.99 Å². The van der Waals surface area contributed by atoms with E-state index in [0.29, 0.717) is 6.04 Å². The second-order valence-corrected chi connectivity index (χ2v) is 4.84. The zero-order valence-electron chi connectivity index (χ0n) is 10.8. The topological polar surface area (TPSA) is 18.8 Å². The first-order valence-electron chi connectivity index (χ1n) is 5.95. The number of rotatable bonds is 4. The van der Waals surface area contributed by atoms with Gasteiger partial charge in [-0.25, -0.2) is 0 Å². The fourth-order valence-electron chi connectivity index (χ4n) is 1.73. The van der Waals surface area contributed by atoms with Crippen molar-refractivity contribution in [2.75, 3.05) is 27.7 Å². The summed E-state index contributed by atoms with van der Waals surface area (Å²) in [5, 5.41) is 0. The molecular weight excluding hydrogens is 186 g/mol. The average Bonchev–Trinajstić information content (AvgIpc) is 2.10. The molecule has 15 heavy (non-hydrogen) atoms. The maximum atomic E-state index is 4.41. The molecule has 1 rings (SSSR count). The Morgan fingerprint density at radius 2 is 1.93 bits per heavy atom. The minimum Gasteiger partial charge on any atom is -0.359 e. The van der Waals surface area contributed by atoms with Crippen LogP contribution >= 0.6 is 0 Å². The van der Waals surface area contributed by atoms with Crippen LogP contribution in [0.3, 0.4) is 0 Å². The summed E-state index contributed by atoms with van der Waals surface area (Å²) in [6, 6.07) is 1.32. The summed E-state index contributed by atoms with van der Waals surface area (Å²) in [5.41, 5.74) is 0. The van der Waals surface area contributed by atoms with Crippen molar-refractivity contribution in [2.45, 2.75) is 45.2 Å². The first-order valence-corrected chi connectivity index (χ1v) is 5.95. The Bertz CT molecular complexity index is 219. The van der Waals surface area contributed by atoms with E-state index in [-0.39, 0.29) is 0 Å². The molecule has 1 saturated carbocycles. The lowest BCUT2D eigenvalue weighted by Gasteiger charge is -2.38. The van der Waals surface area contributed by atoms with Crippen molar-refractivity contribution in [1.29, 1.82) is 0 Å². The molecule has 0 unspecified atom stereocenters. The Balaban J connectivity index is 2.48. The highest BCUT2D eigenvalue weighted by atomic mass is 15.2. The van der Waals surface area contributed by atoms with E-state index in [4.69, 9.17) is 0 Å². The number of hydrogen-bond donors (Lipinski definition) is 0. The molecule has 0 aliphatic heterocycles. The third-order valence-corrected chi connectivity index (χ3v) is 3.56. The van der Waals surface area contributed by atoms with Crippen molar-refractivity contribution in [1.82, 2.24) is 9.80 Å². The maximum absolute atomic E-state index is 4.41. The van der Waals surface area contributed by atoms with Crippen LogP contribution in [0, 0.1) is 0 Å². The molecule has 0 aromatic rings. The van der Waals surface area contributed by atoms with E-state index < -0.39 is 0 Å².